The van der Waals surface area contributed by atoms with Crippen molar-refractivity contribution in [2.45, 2.75) is 26.3 Å². The standard InChI is InChI=1S/C15H22N2O4/c1-15(11-18)6-3-7-16(10-15)9-12-4-5-13(17(19)20)14(8-12)21-2/h4-5,8,18H,3,6-7,9-11H2,1-2H3. The van der Waals surface area contributed by atoms with E-state index in [1.807, 2.05) is 0 Å². The Bertz CT molecular complexity index is 520. The van der Waals surface area contributed by atoms with Crippen LogP contribution in [0.5, 0.6) is 5.75 Å². The minimum absolute atomic E-state index is 0.0138. The normalized spacial score (nSPS) is 23.0. The van der Waals surface area contributed by atoms with Crippen molar-refractivity contribution in [1.82, 2.24) is 4.90 Å². The number of hydrogen-bond donors (Lipinski definition) is 1. The number of aliphatic hydroxyl groups excluding tert-OH is 1. The maximum Gasteiger partial charge on any atom is 0.310 e. The van der Waals surface area contributed by atoms with E-state index in [2.05, 4.69) is 11.8 Å². The van der Waals surface area contributed by atoms with E-state index in [1.165, 1.54) is 13.2 Å². The quantitative estimate of drug-likeness (QED) is 0.665. The molecule has 2 rings (SSSR count). The van der Waals surface area contributed by atoms with Crippen LogP contribution >= 0.6 is 0 Å². The van der Waals surface area contributed by atoms with Crippen LogP contribution in [-0.4, -0.2) is 41.7 Å². The van der Waals surface area contributed by atoms with Crippen LogP contribution in [0.15, 0.2) is 18.2 Å². The molecule has 0 spiro atoms. The second-order valence-electron chi connectivity index (χ2n) is 6.05. The summed E-state index contributed by atoms with van der Waals surface area (Å²) in [5, 5.41) is 20.4. The molecule has 1 fully saturated rings. The van der Waals surface area contributed by atoms with Gasteiger partial charge in [-0.1, -0.05) is 13.0 Å². The average Bonchev–Trinajstić information content (AvgIpc) is 2.47. The van der Waals surface area contributed by atoms with Crippen LogP contribution < -0.4 is 4.74 Å². The number of likely N-dealkylation sites (tertiary alicyclic amines) is 1. The Morgan fingerprint density at radius 2 is 2.29 bits per heavy atom. The first-order valence-electron chi connectivity index (χ1n) is 7.12. The number of nitrogens with zero attached hydrogens (tertiary/aromatic N) is 2. The minimum atomic E-state index is -0.438. The Labute approximate surface area is 124 Å². The third-order valence-electron chi connectivity index (χ3n) is 4.09. The number of piperidine rings is 1. The second-order valence-corrected chi connectivity index (χ2v) is 6.05. The minimum Gasteiger partial charge on any atom is -0.490 e. The molecule has 1 N–H and O–H groups in total. The fourth-order valence-electron chi connectivity index (χ4n) is 2.92. The van der Waals surface area contributed by atoms with Crippen molar-refractivity contribution in [2.24, 2.45) is 5.41 Å². The summed E-state index contributed by atoms with van der Waals surface area (Å²) in [6, 6.07) is 4.98. The summed E-state index contributed by atoms with van der Waals surface area (Å²) in [6.45, 7) is 4.81. The molecule has 1 aliphatic rings. The van der Waals surface area contributed by atoms with Gasteiger partial charge >= 0.3 is 5.69 Å². The molecule has 1 aromatic rings. The van der Waals surface area contributed by atoms with Crippen molar-refractivity contribution < 1.29 is 14.8 Å². The van der Waals surface area contributed by atoms with Gasteiger partial charge < -0.3 is 9.84 Å². The molecular formula is C15H22N2O4. The second kappa shape index (κ2) is 6.41. The van der Waals surface area contributed by atoms with Gasteiger partial charge in [-0.2, -0.15) is 0 Å². The smallest absolute Gasteiger partial charge is 0.310 e. The molecule has 0 aliphatic carbocycles. The summed E-state index contributed by atoms with van der Waals surface area (Å²) in [5.41, 5.74) is 0.920. The van der Waals surface area contributed by atoms with Crippen LogP contribution in [0.3, 0.4) is 0 Å². The van der Waals surface area contributed by atoms with Crippen molar-refractivity contribution in [3.8, 4) is 5.75 Å². The zero-order valence-electron chi connectivity index (χ0n) is 12.5. The molecule has 1 saturated heterocycles. The molecule has 6 nitrogen and oxygen atoms in total. The largest absolute Gasteiger partial charge is 0.490 e. The van der Waals surface area contributed by atoms with Crippen molar-refractivity contribution in [2.75, 3.05) is 26.8 Å². The molecule has 0 amide bonds. The number of rotatable bonds is 5. The van der Waals surface area contributed by atoms with Crippen molar-refractivity contribution >= 4 is 5.69 Å². The van der Waals surface area contributed by atoms with E-state index < -0.39 is 4.92 Å². The van der Waals surface area contributed by atoms with Gasteiger partial charge in [-0.3, -0.25) is 15.0 Å². The number of aliphatic hydroxyl groups is 1. The molecule has 1 aromatic carbocycles. The van der Waals surface area contributed by atoms with Crippen molar-refractivity contribution in [3.05, 3.63) is 33.9 Å². The molecule has 116 valence electrons. The first-order valence-corrected chi connectivity index (χ1v) is 7.12. The summed E-state index contributed by atoms with van der Waals surface area (Å²) < 4.78 is 5.10. The molecule has 0 aromatic heterocycles. The highest BCUT2D eigenvalue weighted by atomic mass is 16.6. The summed E-state index contributed by atoms with van der Waals surface area (Å²) in [6.07, 6.45) is 2.09. The van der Waals surface area contributed by atoms with E-state index in [0.717, 1.165) is 31.5 Å². The Balaban J connectivity index is 2.11. The molecule has 1 unspecified atom stereocenters. The van der Waals surface area contributed by atoms with E-state index >= 15 is 0 Å². The fraction of sp³-hybridized carbons (Fsp3) is 0.600. The lowest BCUT2D eigenvalue weighted by molar-refractivity contribution is -0.385. The number of benzene rings is 1. The van der Waals surface area contributed by atoms with E-state index in [0.29, 0.717) is 12.3 Å². The molecule has 0 bridgehead atoms. The summed E-state index contributed by atoms with van der Waals surface area (Å²) in [4.78, 5) is 12.7. The third-order valence-corrected chi connectivity index (χ3v) is 4.09. The van der Waals surface area contributed by atoms with Crippen LogP contribution in [0.25, 0.3) is 0 Å². The van der Waals surface area contributed by atoms with Gasteiger partial charge in [-0.25, -0.2) is 0 Å². The Morgan fingerprint density at radius 3 is 2.90 bits per heavy atom. The van der Waals surface area contributed by atoms with Gasteiger partial charge in [-0.05, 0) is 31.0 Å². The molecule has 0 radical (unpaired) electrons. The molecule has 21 heavy (non-hydrogen) atoms. The highest BCUT2D eigenvalue weighted by Crippen LogP contribution is 2.31. The molecule has 0 saturated carbocycles. The number of hydrogen-bond acceptors (Lipinski definition) is 5. The zero-order valence-corrected chi connectivity index (χ0v) is 12.5. The van der Waals surface area contributed by atoms with Gasteiger partial charge in [0.05, 0.1) is 12.0 Å². The lowest BCUT2D eigenvalue weighted by atomic mass is 9.82. The molecule has 1 atom stereocenters. The average molecular weight is 294 g/mol. The highest BCUT2D eigenvalue weighted by molar-refractivity contribution is 5.48. The predicted octanol–water partition coefficient (Wildman–Crippen LogP) is 2.20. The summed E-state index contributed by atoms with van der Waals surface area (Å²) >= 11 is 0. The van der Waals surface area contributed by atoms with E-state index in [9.17, 15) is 15.2 Å². The first-order chi connectivity index (χ1) is 9.97. The SMILES string of the molecule is COc1cc(CN2CCCC(C)(CO)C2)ccc1[N+](=O)[O-]. The van der Waals surface area contributed by atoms with Crippen LogP contribution in [0.2, 0.25) is 0 Å². The van der Waals surface area contributed by atoms with Gasteiger partial charge in [0.15, 0.2) is 5.75 Å². The van der Waals surface area contributed by atoms with E-state index in [-0.39, 0.29) is 17.7 Å². The van der Waals surface area contributed by atoms with Crippen molar-refractivity contribution in [3.63, 3.8) is 0 Å². The number of nitro groups is 1. The maximum absolute atomic E-state index is 10.9. The monoisotopic (exact) mass is 294 g/mol. The van der Waals surface area contributed by atoms with E-state index in [4.69, 9.17) is 4.74 Å². The number of nitro benzene ring substituents is 1. The summed E-state index contributed by atoms with van der Waals surface area (Å²) in [5.74, 6) is 0.291. The third kappa shape index (κ3) is 3.71. The van der Waals surface area contributed by atoms with Gasteiger partial charge in [0.2, 0.25) is 0 Å². The Hall–Kier alpha value is -1.66. The number of methoxy groups -OCH3 is 1. The van der Waals surface area contributed by atoms with Gasteiger partial charge in [0, 0.05) is 31.2 Å². The van der Waals surface area contributed by atoms with Crippen LogP contribution in [0.4, 0.5) is 5.69 Å². The molecule has 1 heterocycles. The highest BCUT2D eigenvalue weighted by Gasteiger charge is 2.30. The van der Waals surface area contributed by atoms with Gasteiger partial charge in [0.1, 0.15) is 0 Å². The molecular weight excluding hydrogens is 272 g/mol. The molecule has 1 aliphatic heterocycles. The maximum atomic E-state index is 10.9. The molecule has 6 heteroatoms. The fourth-order valence-corrected chi connectivity index (χ4v) is 2.92. The van der Waals surface area contributed by atoms with Crippen LogP contribution in [0, 0.1) is 15.5 Å². The predicted molar refractivity (Wildman–Crippen MR) is 79.4 cm³/mol. The van der Waals surface area contributed by atoms with Crippen molar-refractivity contribution in [1.29, 1.82) is 0 Å². The Morgan fingerprint density at radius 1 is 1.52 bits per heavy atom. The first kappa shape index (κ1) is 15.7. The van der Waals surface area contributed by atoms with E-state index in [1.54, 1.807) is 12.1 Å². The zero-order chi connectivity index (χ0) is 15.5. The lowest BCUT2D eigenvalue weighted by Gasteiger charge is -2.39. The van der Waals surface area contributed by atoms with Crippen LogP contribution in [-0.2, 0) is 6.54 Å². The van der Waals surface area contributed by atoms with Crippen LogP contribution in [0.1, 0.15) is 25.3 Å². The topological polar surface area (TPSA) is 75.8 Å². The summed E-state index contributed by atoms with van der Waals surface area (Å²) in [7, 11) is 1.44. The number of ether oxygens (including phenoxy) is 1. The van der Waals surface area contributed by atoms with Gasteiger partial charge in [0.25, 0.3) is 0 Å². The Kier molecular flexibility index (Phi) is 4.80. The lowest BCUT2D eigenvalue weighted by Crippen LogP contribution is -2.43. The van der Waals surface area contributed by atoms with Gasteiger partial charge in [-0.15, -0.1) is 0 Å².